The van der Waals surface area contributed by atoms with E-state index in [9.17, 15) is 0 Å². The van der Waals surface area contributed by atoms with Crippen molar-refractivity contribution in [1.29, 1.82) is 0 Å². The molecule has 1 spiro atoms. The van der Waals surface area contributed by atoms with Crippen molar-refractivity contribution in [2.24, 2.45) is 0 Å². The van der Waals surface area contributed by atoms with E-state index in [2.05, 4.69) is 254 Å². The van der Waals surface area contributed by atoms with Crippen LogP contribution in [0.15, 0.2) is 249 Å². The molecule has 11 aromatic carbocycles. The molecular formula is C67H41NOS. The first-order valence-electron chi connectivity index (χ1n) is 24.1. The Bertz CT molecular complexity index is 4110. The number of para-hydroxylation sites is 2. The molecule has 0 N–H and O–H groups in total. The van der Waals surface area contributed by atoms with Crippen LogP contribution >= 0.6 is 11.3 Å². The summed E-state index contributed by atoms with van der Waals surface area (Å²) >= 11 is 1.89. The molecule has 12 aromatic rings. The van der Waals surface area contributed by atoms with Gasteiger partial charge in [-0.3, -0.25) is 0 Å². The van der Waals surface area contributed by atoms with Crippen LogP contribution in [0.2, 0.25) is 0 Å². The van der Waals surface area contributed by atoms with Crippen LogP contribution in [0, 0.1) is 0 Å². The van der Waals surface area contributed by atoms with Gasteiger partial charge in [-0.1, -0.05) is 194 Å². The number of benzene rings is 11. The number of thiophene rings is 1. The highest BCUT2D eigenvalue weighted by molar-refractivity contribution is 7.25. The lowest BCUT2D eigenvalue weighted by molar-refractivity contribution is 0.489. The van der Waals surface area contributed by atoms with E-state index in [0.717, 1.165) is 56.4 Å². The largest absolute Gasteiger partial charge is 0.454 e. The highest BCUT2D eigenvalue weighted by atomic mass is 32.1. The Labute approximate surface area is 410 Å². The highest BCUT2D eigenvalue weighted by Crippen LogP contribution is 2.63. The molecule has 0 saturated heterocycles. The fourth-order valence-corrected chi connectivity index (χ4v) is 13.3. The monoisotopic (exact) mass is 907 g/mol. The first-order valence-corrected chi connectivity index (χ1v) is 24.9. The fraction of sp³-hybridized carbons (Fsp3) is 0.0149. The van der Waals surface area contributed by atoms with E-state index in [1.807, 2.05) is 11.3 Å². The van der Waals surface area contributed by atoms with Gasteiger partial charge in [-0.05, 0) is 132 Å². The lowest BCUT2D eigenvalue weighted by Gasteiger charge is -2.36. The van der Waals surface area contributed by atoms with Gasteiger partial charge in [0.1, 0.15) is 5.75 Å². The average molecular weight is 908 g/mol. The second-order valence-electron chi connectivity index (χ2n) is 18.7. The molecule has 1 unspecified atom stereocenters. The molecule has 1 aliphatic heterocycles. The van der Waals surface area contributed by atoms with Crippen molar-refractivity contribution in [1.82, 2.24) is 0 Å². The Morgan fingerprint density at radius 3 is 1.60 bits per heavy atom. The van der Waals surface area contributed by atoms with Crippen LogP contribution in [-0.2, 0) is 5.41 Å². The van der Waals surface area contributed by atoms with Gasteiger partial charge in [0.15, 0.2) is 5.75 Å². The first kappa shape index (κ1) is 39.3. The maximum absolute atomic E-state index is 7.24. The summed E-state index contributed by atoms with van der Waals surface area (Å²) in [5.41, 5.74) is 21.9. The van der Waals surface area contributed by atoms with Gasteiger partial charge < -0.3 is 9.64 Å². The average Bonchev–Trinajstić information content (AvgIpc) is 3.84. The molecule has 2 nitrogen and oxygen atoms in total. The van der Waals surface area contributed by atoms with Crippen LogP contribution < -0.4 is 9.64 Å². The zero-order valence-electron chi connectivity index (χ0n) is 37.9. The van der Waals surface area contributed by atoms with Crippen molar-refractivity contribution in [3.63, 3.8) is 0 Å². The zero-order chi connectivity index (χ0) is 45.9. The summed E-state index contributed by atoms with van der Waals surface area (Å²) in [6.45, 7) is 0. The van der Waals surface area contributed by atoms with Crippen molar-refractivity contribution in [2.45, 2.75) is 5.41 Å². The summed E-state index contributed by atoms with van der Waals surface area (Å²) in [5, 5.41) is 2.61. The number of rotatable bonds is 4. The lowest BCUT2D eigenvalue weighted by Crippen LogP contribution is -2.29. The summed E-state index contributed by atoms with van der Waals surface area (Å²) in [5.74, 6) is 1.65. The molecule has 15 rings (SSSR count). The molecule has 0 radical (unpaired) electrons. The van der Waals surface area contributed by atoms with Gasteiger partial charge in [-0.2, -0.15) is 0 Å². The Morgan fingerprint density at radius 2 is 0.843 bits per heavy atom. The van der Waals surface area contributed by atoms with Gasteiger partial charge in [0.25, 0.3) is 0 Å². The number of ether oxygens (including phenoxy) is 1. The van der Waals surface area contributed by atoms with Crippen LogP contribution in [0.25, 0.3) is 86.9 Å². The Kier molecular flexibility index (Phi) is 8.48. The highest BCUT2D eigenvalue weighted by Gasteiger charge is 2.50. The molecule has 70 heavy (non-hydrogen) atoms. The van der Waals surface area contributed by atoms with Crippen molar-refractivity contribution in [3.05, 3.63) is 271 Å². The van der Waals surface area contributed by atoms with Gasteiger partial charge >= 0.3 is 0 Å². The van der Waals surface area contributed by atoms with Gasteiger partial charge in [0.05, 0.1) is 11.1 Å². The molecule has 0 bridgehead atoms. The summed E-state index contributed by atoms with van der Waals surface area (Å²) in [6.07, 6.45) is 0. The number of hydrogen-bond donors (Lipinski definition) is 0. The summed E-state index contributed by atoms with van der Waals surface area (Å²) < 4.78 is 9.87. The van der Waals surface area contributed by atoms with Crippen molar-refractivity contribution in [2.75, 3.05) is 4.90 Å². The Morgan fingerprint density at radius 1 is 0.314 bits per heavy atom. The SMILES string of the molecule is c1ccc(-c2ccc(N(c3ccc4c(c3)-c3ccccc3-c3ccccc3C43c4ccccc4-c4cc5sc6ccccc6c5cc43)c3cccc4c3Oc3ccccc3-c3ccccc3-4)cc2)cc1. The molecule has 0 saturated carbocycles. The number of hydrogen-bond acceptors (Lipinski definition) is 3. The van der Waals surface area contributed by atoms with E-state index < -0.39 is 5.41 Å². The molecule has 3 heteroatoms. The number of fused-ring (bicyclic) bond motifs is 20. The lowest BCUT2D eigenvalue weighted by atomic mass is 9.65. The van der Waals surface area contributed by atoms with Gasteiger partial charge in [-0.25, -0.2) is 0 Å². The first-order chi connectivity index (χ1) is 34.7. The van der Waals surface area contributed by atoms with Crippen LogP contribution in [0.3, 0.4) is 0 Å². The standard InChI is InChI=1S/C67H41NOS/c1-2-17-42(18-3-1)43-33-35-44(36-34-43)68(62-30-16-27-54-48-21-6-5-20-47(48)52-25-10-14-31-63(52)69-66(54)62)45-37-38-60-55(39-45)49-22-7-4-19-46(49)50-23-8-12-28-58(50)67(60)59-29-13-9-24-51(59)56-41-65-57(40-61(56)67)53-26-11-15-32-64(53)70-65/h1-41H. The quantitative estimate of drug-likeness (QED) is 0.174. The third-order valence-electron chi connectivity index (χ3n) is 15.1. The van der Waals surface area contributed by atoms with E-state index in [1.54, 1.807) is 0 Å². The van der Waals surface area contributed by atoms with Gasteiger partial charge in [-0.15, -0.1) is 11.3 Å². The van der Waals surface area contributed by atoms with E-state index in [1.165, 1.54) is 81.4 Å². The third-order valence-corrected chi connectivity index (χ3v) is 16.3. The predicted molar refractivity (Wildman–Crippen MR) is 292 cm³/mol. The summed E-state index contributed by atoms with van der Waals surface area (Å²) in [6, 6.07) is 92.0. The summed E-state index contributed by atoms with van der Waals surface area (Å²) in [7, 11) is 0. The van der Waals surface area contributed by atoms with Gasteiger partial charge in [0, 0.05) is 42.7 Å². The third kappa shape index (κ3) is 5.55. The predicted octanol–water partition coefficient (Wildman–Crippen LogP) is 18.6. The van der Waals surface area contributed by atoms with Crippen LogP contribution in [-0.4, -0.2) is 0 Å². The van der Waals surface area contributed by atoms with E-state index in [4.69, 9.17) is 4.74 Å². The van der Waals surface area contributed by atoms with Crippen molar-refractivity contribution in [3.8, 4) is 78.3 Å². The Hall–Kier alpha value is -8.76. The molecule has 326 valence electrons. The topological polar surface area (TPSA) is 12.5 Å². The fourth-order valence-electron chi connectivity index (χ4n) is 12.2. The smallest absolute Gasteiger partial charge is 0.159 e. The molecular weight excluding hydrogens is 867 g/mol. The maximum Gasteiger partial charge on any atom is 0.159 e. The van der Waals surface area contributed by atoms with Crippen molar-refractivity contribution >= 4 is 48.6 Å². The maximum atomic E-state index is 7.24. The van der Waals surface area contributed by atoms with Crippen LogP contribution in [0.1, 0.15) is 22.3 Å². The second kappa shape index (κ2) is 15.1. The minimum Gasteiger partial charge on any atom is -0.454 e. The zero-order valence-corrected chi connectivity index (χ0v) is 38.8. The van der Waals surface area contributed by atoms with Crippen LogP contribution in [0.5, 0.6) is 11.5 Å². The number of nitrogens with zero attached hydrogens (tertiary/aromatic N) is 1. The van der Waals surface area contributed by atoms with E-state index >= 15 is 0 Å². The minimum atomic E-state index is -0.630. The van der Waals surface area contributed by atoms with Crippen molar-refractivity contribution < 1.29 is 4.74 Å². The molecule has 1 aromatic heterocycles. The molecule has 0 fully saturated rings. The van der Waals surface area contributed by atoms with E-state index in [-0.39, 0.29) is 0 Å². The molecule has 3 aliphatic rings. The van der Waals surface area contributed by atoms with E-state index in [0.29, 0.717) is 0 Å². The Balaban J connectivity index is 1.03. The second-order valence-corrected chi connectivity index (χ2v) is 19.7. The minimum absolute atomic E-state index is 0.630. The normalized spacial score (nSPS) is 14.5. The number of anilines is 3. The van der Waals surface area contributed by atoms with Crippen LogP contribution in [0.4, 0.5) is 17.1 Å². The molecule has 1 atom stereocenters. The molecule has 2 aliphatic carbocycles. The van der Waals surface area contributed by atoms with Gasteiger partial charge in [0.2, 0.25) is 0 Å². The molecule has 0 amide bonds. The summed E-state index contributed by atoms with van der Waals surface area (Å²) in [4.78, 5) is 2.41. The molecule has 2 heterocycles.